The number of hydrogen-bond donors (Lipinski definition) is 2. The minimum Gasteiger partial charge on any atom is -0.361 e. The van der Waals surface area contributed by atoms with E-state index in [4.69, 9.17) is 14.2 Å². The number of rotatable bonds is 8. The van der Waals surface area contributed by atoms with Gasteiger partial charge in [0.05, 0.1) is 18.7 Å². The molecule has 0 radical (unpaired) electrons. The van der Waals surface area contributed by atoms with Crippen molar-refractivity contribution in [1.29, 1.82) is 0 Å². The normalized spacial score (nSPS) is 20.1. The van der Waals surface area contributed by atoms with E-state index in [0.717, 1.165) is 0 Å². The number of benzene rings is 2. The lowest BCUT2D eigenvalue weighted by atomic mass is 10.2. The summed E-state index contributed by atoms with van der Waals surface area (Å²) in [7, 11) is 2.99. The molecule has 166 valence electrons. The second-order valence-electron chi connectivity index (χ2n) is 6.88. The Hall–Kier alpha value is -2.85. The third-order valence-electron chi connectivity index (χ3n) is 4.97. The van der Waals surface area contributed by atoms with Crippen LogP contribution in [-0.2, 0) is 14.2 Å². The minimum atomic E-state index is -0.703. The van der Waals surface area contributed by atoms with Crippen molar-refractivity contribution in [3.05, 3.63) is 71.5 Å². The maximum absolute atomic E-state index is 14.1. The van der Waals surface area contributed by atoms with Crippen molar-refractivity contribution < 1.29 is 28.2 Å². The molecule has 0 aliphatic carbocycles. The summed E-state index contributed by atoms with van der Waals surface area (Å²) in [4.78, 5) is 27.1. The number of morpholine rings is 1. The number of ether oxygens (including phenoxy) is 3. The molecule has 0 bridgehead atoms. The number of hydrogen-bond acceptors (Lipinski definition) is 6. The van der Waals surface area contributed by atoms with Crippen molar-refractivity contribution in [3.8, 4) is 0 Å². The second-order valence-corrected chi connectivity index (χ2v) is 6.88. The monoisotopic (exact) mass is 431 g/mol. The van der Waals surface area contributed by atoms with Gasteiger partial charge in [0.15, 0.2) is 12.5 Å². The molecule has 2 amide bonds. The van der Waals surface area contributed by atoms with E-state index < -0.39 is 30.4 Å². The first-order chi connectivity index (χ1) is 15.0. The van der Waals surface area contributed by atoms with Gasteiger partial charge < -0.3 is 24.8 Å². The maximum Gasteiger partial charge on any atom is 0.255 e. The Kier molecular flexibility index (Phi) is 8.07. The van der Waals surface area contributed by atoms with Gasteiger partial charge in [0, 0.05) is 26.3 Å². The highest BCUT2D eigenvalue weighted by molar-refractivity contribution is 5.95. The molecular formula is C22H26FN3O5. The molecule has 1 fully saturated rings. The molecular weight excluding hydrogens is 405 g/mol. The first-order valence-corrected chi connectivity index (χ1v) is 9.86. The standard InChI is InChI=1S/C22H26FN3O5/c1-29-21-22(30-2)31-13-12-26(21)18(14-24-19(27)15-8-4-3-5-9-15)25-20(28)16-10-6-7-11-17(16)23/h3-11,18,21-22H,12-14H2,1-2H3,(H,24,27)(H,25,28). The molecule has 0 saturated carbocycles. The summed E-state index contributed by atoms with van der Waals surface area (Å²) in [5.41, 5.74) is 0.397. The smallest absolute Gasteiger partial charge is 0.255 e. The zero-order valence-electron chi connectivity index (χ0n) is 17.4. The Balaban J connectivity index is 1.79. The fourth-order valence-corrected chi connectivity index (χ4v) is 3.41. The van der Waals surface area contributed by atoms with E-state index in [9.17, 15) is 14.0 Å². The molecule has 31 heavy (non-hydrogen) atoms. The average Bonchev–Trinajstić information content (AvgIpc) is 2.81. The van der Waals surface area contributed by atoms with E-state index >= 15 is 0 Å². The number of halogens is 1. The van der Waals surface area contributed by atoms with Gasteiger partial charge in [-0.1, -0.05) is 30.3 Å². The van der Waals surface area contributed by atoms with Crippen LogP contribution < -0.4 is 10.6 Å². The minimum absolute atomic E-state index is 0.0597. The van der Waals surface area contributed by atoms with E-state index in [2.05, 4.69) is 10.6 Å². The van der Waals surface area contributed by atoms with Crippen molar-refractivity contribution in [2.24, 2.45) is 0 Å². The fraction of sp³-hybridized carbons (Fsp3) is 0.364. The summed E-state index contributed by atoms with van der Waals surface area (Å²) in [5, 5.41) is 5.62. The van der Waals surface area contributed by atoms with Gasteiger partial charge in [0.25, 0.3) is 11.8 Å². The molecule has 1 saturated heterocycles. The van der Waals surface area contributed by atoms with Crippen LogP contribution >= 0.6 is 0 Å². The molecule has 8 nitrogen and oxygen atoms in total. The highest BCUT2D eigenvalue weighted by Gasteiger charge is 2.37. The van der Waals surface area contributed by atoms with Gasteiger partial charge in [0.2, 0.25) is 0 Å². The quantitative estimate of drug-likeness (QED) is 0.660. The van der Waals surface area contributed by atoms with Gasteiger partial charge in [0.1, 0.15) is 12.0 Å². The van der Waals surface area contributed by atoms with Crippen LogP contribution in [-0.4, -0.2) is 69.3 Å². The van der Waals surface area contributed by atoms with Crippen molar-refractivity contribution in [1.82, 2.24) is 15.5 Å². The number of nitrogens with zero attached hydrogens (tertiary/aromatic N) is 1. The number of carbonyl (C=O) groups excluding carboxylic acids is 2. The number of nitrogens with one attached hydrogen (secondary N) is 2. The zero-order valence-corrected chi connectivity index (χ0v) is 17.4. The molecule has 2 aromatic carbocycles. The average molecular weight is 431 g/mol. The van der Waals surface area contributed by atoms with Gasteiger partial charge in [-0.3, -0.25) is 9.59 Å². The maximum atomic E-state index is 14.1. The van der Waals surface area contributed by atoms with Crippen LogP contribution in [0.15, 0.2) is 54.6 Å². The van der Waals surface area contributed by atoms with E-state index in [1.165, 1.54) is 32.4 Å². The van der Waals surface area contributed by atoms with Crippen LogP contribution in [0.1, 0.15) is 20.7 Å². The zero-order chi connectivity index (χ0) is 22.2. The van der Waals surface area contributed by atoms with Crippen molar-refractivity contribution in [2.45, 2.75) is 18.7 Å². The Morgan fingerprint density at radius 1 is 1.10 bits per heavy atom. The van der Waals surface area contributed by atoms with Crippen LogP contribution in [0.5, 0.6) is 0 Å². The Labute approximate surface area is 180 Å². The molecule has 3 atom stereocenters. The van der Waals surface area contributed by atoms with Gasteiger partial charge >= 0.3 is 0 Å². The number of methoxy groups -OCH3 is 2. The van der Waals surface area contributed by atoms with Gasteiger partial charge in [-0.15, -0.1) is 0 Å². The van der Waals surface area contributed by atoms with Crippen LogP contribution in [0.2, 0.25) is 0 Å². The van der Waals surface area contributed by atoms with Gasteiger partial charge in [-0.25, -0.2) is 9.29 Å². The summed E-state index contributed by atoms with van der Waals surface area (Å²) in [6.45, 7) is 0.795. The Bertz CT molecular complexity index is 882. The van der Waals surface area contributed by atoms with E-state index in [0.29, 0.717) is 18.7 Å². The molecule has 3 rings (SSSR count). The molecule has 1 aliphatic rings. The van der Waals surface area contributed by atoms with Crippen LogP contribution in [0.3, 0.4) is 0 Å². The predicted octanol–water partition coefficient (Wildman–Crippen LogP) is 1.59. The summed E-state index contributed by atoms with van der Waals surface area (Å²) in [5.74, 6) is -1.53. The second kappa shape index (κ2) is 11.0. The van der Waals surface area contributed by atoms with Crippen LogP contribution in [0, 0.1) is 5.82 Å². The fourth-order valence-electron chi connectivity index (χ4n) is 3.41. The first-order valence-electron chi connectivity index (χ1n) is 9.86. The lowest BCUT2D eigenvalue weighted by molar-refractivity contribution is -0.267. The molecule has 2 N–H and O–H groups in total. The lowest BCUT2D eigenvalue weighted by Crippen LogP contribution is -2.63. The molecule has 1 aliphatic heterocycles. The van der Waals surface area contributed by atoms with Crippen molar-refractivity contribution in [3.63, 3.8) is 0 Å². The lowest BCUT2D eigenvalue weighted by Gasteiger charge is -2.43. The van der Waals surface area contributed by atoms with Crippen LogP contribution in [0.4, 0.5) is 4.39 Å². The first kappa shape index (κ1) is 22.8. The topological polar surface area (TPSA) is 89.1 Å². The largest absolute Gasteiger partial charge is 0.361 e. The van der Waals surface area contributed by atoms with E-state index in [1.807, 2.05) is 11.0 Å². The highest BCUT2D eigenvalue weighted by Crippen LogP contribution is 2.18. The Morgan fingerprint density at radius 2 is 1.81 bits per heavy atom. The summed E-state index contributed by atoms with van der Waals surface area (Å²) >= 11 is 0. The Morgan fingerprint density at radius 3 is 2.48 bits per heavy atom. The predicted molar refractivity (Wildman–Crippen MR) is 111 cm³/mol. The molecule has 2 aromatic rings. The SMILES string of the molecule is COC1OCCN(C(CNC(=O)c2ccccc2)NC(=O)c2ccccc2F)C1OC. The van der Waals surface area contributed by atoms with E-state index in [1.54, 1.807) is 30.3 Å². The summed E-state index contributed by atoms with van der Waals surface area (Å²) < 4.78 is 30.5. The number of carbonyl (C=O) groups is 2. The molecule has 3 unspecified atom stereocenters. The number of amides is 2. The summed E-state index contributed by atoms with van der Waals surface area (Å²) in [6, 6.07) is 14.4. The summed E-state index contributed by atoms with van der Waals surface area (Å²) in [6.07, 6.45) is -2.03. The van der Waals surface area contributed by atoms with Gasteiger partial charge in [-0.05, 0) is 24.3 Å². The highest BCUT2D eigenvalue weighted by atomic mass is 19.1. The third kappa shape index (κ3) is 5.65. The van der Waals surface area contributed by atoms with Crippen LogP contribution in [0.25, 0.3) is 0 Å². The van der Waals surface area contributed by atoms with Crippen molar-refractivity contribution in [2.75, 3.05) is 33.9 Å². The molecule has 1 heterocycles. The van der Waals surface area contributed by atoms with Crippen molar-refractivity contribution >= 4 is 11.8 Å². The van der Waals surface area contributed by atoms with E-state index in [-0.39, 0.29) is 18.0 Å². The molecule has 0 spiro atoms. The third-order valence-corrected chi connectivity index (χ3v) is 4.97. The molecule has 9 heteroatoms. The molecule has 0 aromatic heterocycles. The van der Waals surface area contributed by atoms with Gasteiger partial charge in [-0.2, -0.15) is 0 Å².